The Balaban J connectivity index is 1.73. The lowest BCUT2D eigenvalue weighted by molar-refractivity contribution is -0.129. The third-order valence-corrected chi connectivity index (χ3v) is 4.99. The molecule has 0 unspecified atom stereocenters. The molecule has 0 aliphatic carbocycles. The summed E-state index contributed by atoms with van der Waals surface area (Å²) in [6.07, 6.45) is 2.72. The molecular formula is C16H18N2O2S. The highest BCUT2D eigenvalue weighted by Crippen LogP contribution is 2.30. The lowest BCUT2D eigenvalue weighted by Crippen LogP contribution is -2.48. The van der Waals surface area contributed by atoms with Crippen LogP contribution in [0.25, 0.3) is 0 Å². The van der Waals surface area contributed by atoms with Crippen molar-refractivity contribution in [3.63, 3.8) is 0 Å². The van der Waals surface area contributed by atoms with Crippen LogP contribution < -0.4 is 10.1 Å². The lowest BCUT2D eigenvalue weighted by Gasteiger charge is -2.28. The number of nitrogens with zero attached hydrogens (tertiary/aromatic N) is 1. The van der Waals surface area contributed by atoms with E-state index in [1.165, 1.54) is 0 Å². The fourth-order valence-electron chi connectivity index (χ4n) is 2.47. The Bertz CT molecular complexity index is 616. The van der Waals surface area contributed by atoms with Crippen LogP contribution in [0.4, 0.5) is 0 Å². The van der Waals surface area contributed by atoms with E-state index in [1.54, 1.807) is 17.5 Å². The summed E-state index contributed by atoms with van der Waals surface area (Å²) in [5, 5.41) is 5.96. The predicted molar refractivity (Wildman–Crippen MR) is 82.5 cm³/mol. The van der Waals surface area contributed by atoms with Crippen LogP contribution in [-0.2, 0) is 16.8 Å². The van der Waals surface area contributed by atoms with Crippen molar-refractivity contribution in [2.75, 3.05) is 0 Å². The fourth-order valence-corrected chi connectivity index (χ4v) is 3.30. The van der Waals surface area contributed by atoms with Crippen LogP contribution in [0, 0.1) is 0 Å². The number of carbonyl (C=O) groups excluding carboxylic acids is 1. The van der Waals surface area contributed by atoms with Crippen LogP contribution in [0.1, 0.15) is 30.8 Å². The van der Waals surface area contributed by atoms with Crippen molar-refractivity contribution in [2.45, 2.75) is 38.3 Å². The molecule has 1 amide bonds. The van der Waals surface area contributed by atoms with Crippen LogP contribution in [0.15, 0.2) is 35.8 Å². The monoisotopic (exact) mass is 302 g/mol. The number of amides is 1. The maximum Gasteiger partial charge on any atom is 0.262 e. The highest BCUT2D eigenvalue weighted by Gasteiger charge is 2.35. The Morgan fingerprint density at radius 2 is 2.33 bits per heavy atom. The zero-order valence-electron chi connectivity index (χ0n) is 12.1. The average molecular weight is 302 g/mol. The molecule has 0 saturated heterocycles. The van der Waals surface area contributed by atoms with Gasteiger partial charge in [0.05, 0.1) is 5.54 Å². The van der Waals surface area contributed by atoms with E-state index in [-0.39, 0.29) is 5.91 Å². The number of fused-ring (bicyclic) bond motifs is 1. The van der Waals surface area contributed by atoms with E-state index in [4.69, 9.17) is 4.74 Å². The maximum absolute atomic E-state index is 12.5. The summed E-state index contributed by atoms with van der Waals surface area (Å²) in [5.74, 6) is 0.732. The van der Waals surface area contributed by atoms with Crippen molar-refractivity contribution < 1.29 is 9.53 Å². The summed E-state index contributed by atoms with van der Waals surface area (Å²) in [6.45, 7) is 4.05. The van der Waals surface area contributed by atoms with Gasteiger partial charge in [-0.2, -0.15) is 0 Å². The molecule has 2 aromatic rings. The number of carbonyl (C=O) groups is 1. The van der Waals surface area contributed by atoms with E-state index in [0.717, 1.165) is 22.7 Å². The van der Waals surface area contributed by atoms with Crippen LogP contribution in [0.5, 0.6) is 5.75 Å². The van der Waals surface area contributed by atoms with Gasteiger partial charge in [0.25, 0.3) is 5.91 Å². The fraction of sp³-hybridized carbons (Fsp3) is 0.375. The molecule has 21 heavy (non-hydrogen) atoms. The second-order valence-electron chi connectivity index (χ2n) is 5.43. The average Bonchev–Trinajstić information content (AvgIpc) is 3.16. The van der Waals surface area contributed by atoms with Crippen molar-refractivity contribution >= 4 is 17.2 Å². The van der Waals surface area contributed by atoms with E-state index in [9.17, 15) is 4.79 Å². The smallest absolute Gasteiger partial charge is 0.262 e. The van der Waals surface area contributed by atoms with Crippen LogP contribution in [-0.4, -0.2) is 17.0 Å². The SMILES string of the molecule is CC[C@@](C)(NC(=O)[C@@H]1Cc2ccccc2O1)c1nccs1. The largest absolute Gasteiger partial charge is 0.480 e. The summed E-state index contributed by atoms with van der Waals surface area (Å²) in [5.41, 5.74) is 0.647. The molecule has 0 spiro atoms. The second kappa shape index (κ2) is 5.48. The van der Waals surface area contributed by atoms with Crippen molar-refractivity contribution in [1.82, 2.24) is 10.3 Å². The predicted octanol–water partition coefficient (Wildman–Crippen LogP) is 2.89. The third-order valence-electron chi connectivity index (χ3n) is 3.95. The molecule has 3 rings (SSSR count). The molecule has 0 bridgehead atoms. The van der Waals surface area contributed by atoms with E-state index in [0.29, 0.717) is 6.42 Å². The van der Waals surface area contributed by atoms with Crippen molar-refractivity contribution in [2.24, 2.45) is 0 Å². The number of aromatic nitrogens is 1. The number of hydrogen-bond acceptors (Lipinski definition) is 4. The molecule has 110 valence electrons. The van der Waals surface area contributed by atoms with E-state index >= 15 is 0 Å². The molecule has 1 aliphatic rings. The minimum atomic E-state index is -0.451. The molecule has 1 aliphatic heterocycles. The summed E-state index contributed by atoms with van der Waals surface area (Å²) >= 11 is 1.56. The summed E-state index contributed by atoms with van der Waals surface area (Å²) in [4.78, 5) is 16.9. The first-order valence-corrected chi connectivity index (χ1v) is 7.97. The lowest BCUT2D eigenvalue weighted by atomic mass is 9.99. The molecule has 2 heterocycles. The van der Waals surface area contributed by atoms with Gasteiger partial charge in [-0.15, -0.1) is 11.3 Å². The molecule has 2 atom stereocenters. The minimum Gasteiger partial charge on any atom is -0.480 e. The molecule has 5 heteroatoms. The first-order valence-electron chi connectivity index (χ1n) is 7.09. The van der Waals surface area contributed by atoms with Crippen molar-refractivity contribution in [3.8, 4) is 5.75 Å². The zero-order valence-corrected chi connectivity index (χ0v) is 12.9. The Morgan fingerprint density at radius 3 is 3.00 bits per heavy atom. The number of thiazole rings is 1. The quantitative estimate of drug-likeness (QED) is 0.945. The van der Waals surface area contributed by atoms with Gasteiger partial charge < -0.3 is 10.1 Å². The minimum absolute atomic E-state index is 0.0780. The van der Waals surface area contributed by atoms with E-state index in [2.05, 4.69) is 10.3 Å². The third kappa shape index (κ3) is 2.65. The Labute approximate surface area is 128 Å². The molecule has 1 N–H and O–H groups in total. The van der Waals surface area contributed by atoms with Gasteiger partial charge in [-0.05, 0) is 25.0 Å². The first-order chi connectivity index (χ1) is 10.1. The number of nitrogens with one attached hydrogen (secondary N) is 1. The van der Waals surface area contributed by atoms with Gasteiger partial charge in [0.2, 0.25) is 0 Å². The van der Waals surface area contributed by atoms with Crippen LogP contribution >= 0.6 is 11.3 Å². The topological polar surface area (TPSA) is 51.2 Å². The highest BCUT2D eigenvalue weighted by molar-refractivity contribution is 7.09. The number of para-hydroxylation sites is 1. The van der Waals surface area contributed by atoms with Gasteiger partial charge in [0.1, 0.15) is 10.8 Å². The van der Waals surface area contributed by atoms with E-state index < -0.39 is 11.6 Å². The molecule has 1 aromatic carbocycles. The number of hydrogen-bond donors (Lipinski definition) is 1. The summed E-state index contributed by atoms with van der Waals surface area (Å²) < 4.78 is 5.75. The van der Waals surface area contributed by atoms with Crippen LogP contribution in [0.3, 0.4) is 0 Å². The van der Waals surface area contributed by atoms with Crippen molar-refractivity contribution in [3.05, 3.63) is 46.4 Å². The number of ether oxygens (including phenoxy) is 1. The molecule has 1 aromatic heterocycles. The normalized spacial score (nSPS) is 19.4. The standard InChI is InChI=1S/C16H18N2O2S/c1-3-16(2,15-17-8-9-21-15)18-14(19)13-10-11-6-4-5-7-12(11)20-13/h4-9,13H,3,10H2,1-2H3,(H,18,19)/t13-,16+/m0/s1. The molecule has 0 fully saturated rings. The Hall–Kier alpha value is -1.88. The molecular weight excluding hydrogens is 284 g/mol. The van der Waals surface area contributed by atoms with Gasteiger partial charge in [0, 0.05) is 18.0 Å². The summed E-state index contributed by atoms with van der Waals surface area (Å²) in [7, 11) is 0. The first kappa shape index (κ1) is 14.1. The maximum atomic E-state index is 12.5. The second-order valence-corrected chi connectivity index (χ2v) is 6.33. The van der Waals surface area contributed by atoms with Crippen molar-refractivity contribution in [1.29, 1.82) is 0 Å². The van der Waals surface area contributed by atoms with Crippen LogP contribution in [0.2, 0.25) is 0 Å². The number of benzene rings is 1. The molecule has 0 radical (unpaired) electrons. The van der Waals surface area contributed by atoms with Gasteiger partial charge in [0.15, 0.2) is 6.10 Å². The van der Waals surface area contributed by atoms with Gasteiger partial charge in [-0.25, -0.2) is 4.98 Å². The highest BCUT2D eigenvalue weighted by atomic mass is 32.1. The van der Waals surface area contributed by atoms with E-state index in [1.807, 2.05) is 43.5 Å². The zero-order chi connectivity index (χ0) is 14.9. The van der Waals surface area contributed by atoms with Gasteiger partial charge in [-0.1, -0.05) is 25.1 Å². The molecule has 4 nitrogen and oxygen atoms in total. The van der Waals surface area contributed by atoms with Gasteiger partial charge >= 0.3 is 0 Å². The van der Waals surface area contributed by atoms with Gasteiger partial charge in [-0.3, -0.25) is 4.79 Å². The number of rotatable bonds is 4. The summed E-state index contributed by atoms with van der Waals surface area (Å²) in [6, 6.07) is 7.80. The Kier molecular flexibility index (Phi) is 3.68. The molecule has 0 saturated carbocycles. The Morgan fingerprint density at radius 1 is 1.52 bits per heavy atom.